The van der Waals surface area contributed by atoms with E-state index >= 15 is 4.39 Å². The molecule has 0 unspecified atom stereocenters. The van der Waals surface area contributed by atoms with Gasteiger partial charge >= 0.3 is 0 Å². The third kappa shape index (κ3) is 3.66. The summed E-state index contributed by atoms with van der Waals surface area (Å²) in [6, 6.07) is 5.13. The van der Waals surface area contributed by atoms with E-state index in [1.54, 1.807) is 6.07 Å². The van der Waals surface area contributed by atoms with Crippen molar-refractivity contribution in [1.82, 2.24) is 24.6 Å². The Balaban J connectivity index is 1.34. The molecule has 1 aromatic carbocycles. The largest absolute Gasteiger partial charge is 0.480 e. The van der Waals surface area contributed by atoms with Crippen LogP contribution in [0, 0.1) is 11.6 Å². The van der Waals surface area contributed by atoms with Gasteiger partial charge in [0, 0.05) is 30.8 Å². The van der Waals surface area contributed by atoms with Crippen LogP contribution in [-0.4, -0.2) is 56.4 Å². The Morgan fingerprint density at radius 1 is 1.12 bits per heavy atom. The molecular formula is C24H27F2N7O. The zero-order valence-corrected chi connectivity index (χ0v) is 19.5. The molecule has 0 bridgehead atoms. The van der Waals surface area contributed by atoms with Gasteiger partial charge in [-0.3, -0.25) is 9.58 Å². The van der Waals surface area contributed by atoms with E-state index < -0.39 is 11.6 Å². The Morgan fingerprint density at radius 3 is 2.71 bits per heavy atom. The Labute approximate surface area is 196 Å². The molecular weight excluding hydrogens is 440 g/mol. The van der Waals surface area contributed by atoms with Gasteiger partial charge in [-0.15, -0.1) is 0 Å². The summed E-state index contributed by atoms with van der Waals surface area (Å²) < 4.78 is 38.0. The summed E-state index contributed by atoms with van der Waals surface area (Å²) in [5, 5.41) is 7.62. The summed E-state index contributed by atoms with van der Waals surface area (Å²) >= 11 is 0. The van der Waals surface area contributed by atoms with Gasteiger partial charge in [-0.25, -0.2) is 18.7 Å². The lowest BCUT2D eigenvalue weighted by Gasteiger charge is -2.39. The van der Waals surface area contributed by atoms with E-state index in [1.807, 2.05) is 10.7 Å². The van der Waals surface area contributed by atoms with Crippen molar-refractivity contribution in [3.63, 3.8) is 0 Å². The van der Waals surface area contributed by atoms with Crippen molar-refractivity contribution in [3.05, 3.63) is 41.7 Å². The molecule has 0 saturated heterocycles. The zero-order chi connectivity index (χ0) is 23.6. The number of nitrogens with zero attached hydrogens (tertiary/aromatic N) is 6. The lowest BCUT2D eigenvalue weighted by atomic mass is 10.0. The van der Waals surface area contributed by atoms with Crippen molar-refractivity contribution in [2.75, 3.05) is 30.4 Å². The van der Waals surface area contributed by atoms with Crippen molar-refractivity contribution in [3.8, 4) is 17.0 Å². The molecule has 10 heteroatoms. The maximum Gasteiger partial charge on any atom is 0.229 e. The summed E-state index contributed by atoms with van der Waals surface area (Å²) in [7, 11) is 2.06. The molecule has 4 heterocycles. The van der Waals surface area contributed by atoms with Crippen molar-refractivity contribution in [2.45, 2.75) is 51.4 Å². The van der Waals surface area contributed by atoms with Crippen LogP contribution in [0.5, 0.6) is 5.75 Å². The number of likely N-dealkylation sites (N-methyl/N-ethyl adjacent to an activating group) is 1. The number of hydrogen-bond donors (Lipinski definition) is 1. The summed E-state index contributed by atoms with van der Waals surface area (Å²) in [5.74, 6) is -0.104. The molecule has 34 heavy (non-hydrogen) atoms. The number of fused-ring (bicyclic) bond motifs is 2. The predicted molar refractivity (Wildman–Crippen MR) is 124 cm³/mol. The van der Waals surface area contributed by atoms with E-state index in [9.17, 15) is 4.39 Å². The number of hydrogen-bond acceptors (Lipinski definition) is 7. The second-order valence-corrected chi connectivity index (χ2v) is 9.81. The van der Waals surface area contributed by atoms with Crippen LogP contribution >= 0.6 is 0 Å². The molecule has 8 nitrogen and oxygen atoms in total. The van der Waals surface area contributed by atoms with E-state index in [0.29, 0.717) is 23.6 Å². The van der Waals surface area contributed by atoms with Gasteiger partial charge in [0.1, 0.15) is 11.3 Å². The van der Waals surface area contributed by atoms with Crippen LogP contribution in [0.3, 0.4) is 0 Å². The molecule has 1 aliphatic carbocycles. The summed E-state index contributed by atoms with van der Waals surface area (Å²) in [6.45, 7) is 7.34. The third-order valence-corrected chi connectivity index (χ3v) is 6.79. The maximum absolute atomic E-state index is 15.2. The zero-order valence-electron chi connectivity index (χ0n) is 19.5. The molecule has 0 atom stereocenters. The molecule has 1 spiro atoms. The Kier molecular flexibility index (Phi) is 4.77. The summed E-state index contributed by atoms with van der Waals surface area (Å²) in [4.78, 5) is 12.8. The number of halogens is 2. The highest BCUT2D eigenvalue weighted by Crippen LogP contribution is 2.50. The van der Waals surface area contributed by atoms with Crippen LogP contribution in [-0.2, 0) is 13.1 Å². The van der Waals surface area contributed by atoms with Crippen LogP contribution < -0.4 is 15.0 Å². The minimum atomic E-state index is -0.623. The van der Waals surface area contributed by atoms with Gasteiger partial charge in [0.25, 0.3) is 0 Å². The van der Waals surface area contributed by atoms with Gasteiger partial charge in [-0.05, 0) is 45.9 Å². The molecule has 1 fully saturated rings. The number of ether oxygens (including phenoxy) is 1. The lowest BCUT2D eigenvalue weighted by Crippen LogP contribution is -2.45. The summed E-state index contributed by atoms with van der Waals surface area (Å²) in [5.41, 5.74) is 1.78. The molecule has 1 N–H and O–H groups in total. The first-order valence-corrected chi connectivity index (χ1v) is 11.6. The first kappa shape index (κ1) is 21.3. The molecule has 3 aromatic rings. The van der Waals surface area contributed by atoms with E-state index in [2.05, 4.69) is 51.1 Å². The fourth-order valence-corrected chi connectivity index (χ4v) is 4.74. The standard InChI is InChI=1S/C24H27F2N7O/c1-14(2)32-13-24(4-5-24)34-22-17(25)8-15(9-19(22)32)21-18(26)11-27-23(29-21)28-20-10-16-12-31(3)6-7-33(16)30-20/h8-11,14H,4-7,12-13H2,1-3H3,(H,27,28,29,30). The van der Waals surface area contributed by atoms with Crippen LogP contribution in [0.2, 0.25) is 0 Å². The van der Waals surface area contributed by atoms with E-state index in [4.69, 9.17) is 4.74 Å². The molecule has 2 aromatic heterocycles. The third-order valence-electron chi connectivity index (χ3n) is 6.79. The van der Waals surface area contributed by atoms with Gasteiger partial charge in [-0.2, -0.15) is 5.10 Å². The second-order valence-electron chi connectivity index (χ2n) is 9.81. The minimum absolute atomic E-state index is 0.0262. The van der Waals surface area contributed by atoms with Gasteiger partial charge in [0.2, 0.25) is 5.95 Å². The first-order chi connectivity index (χ1) is 16.3. The maximum atomic E-state index is 15.2. The fraction of sp³-hybridized carbons (Fsp3) is 0.458. The minimum Gasteiger partial charge on any atom is -0.480 e. The Morgan fingerprint density at radius 2 is 1.94 bits per heavy atom. The van der Waals surface area contributed by atoms with Crippen LogP contribution in [0.25, 0.3) is 11.3 Å². The molecule has 3 aliphatic rings. The quantitative estimate of drug-likeness (QED) is 0.623. The molecule has 2 aliphatic heterocycles. The van der Waals surface area contributed by atoms with Gasteiger partial charge < -0.3 is 15.0 Å². The first-order valence-electron chi connectivity index (χ1n) is 11.6. The number of rotatable bonds is 4. The van der Waals surface area contributed by atoms with Gasteiger partial charge in [-0.1, -0.05) is 0 Å². The molecule has 0 radical (unpaired) electrons. The average Bonchev–Trinajstić information content (AvgIpc) is 3.42. The smallest absolute Gasteiger partial charge is 0.229 e. The molecule has 0 amide bonds. The van der Waals surface area contributed by atoms with E-state index in [1.165, 1.54) is 6.07 Å². The van der Waals surface area contributed by atoms with Crippen molar-refractivity contribution in [2.24, 2.45) is 0 Å². The predicted octanol–water partition coefficient (Wildman–Crippen LogP) is 3.95. The van der Waals surface area contributed by atoms with Crippen molar-refractivity contribution >= 4 is 17.5 Å². The molecule has 1 saturated carbocycles. The highest BCUT2D eigenvalue weighted by molar-refractivity contribution is 5.73. The molecule has 6 rings (SSSR count). The highest BCUT2D eigenvalue weighted by atomic mass is 19.1. The van der Waals surface area contributed by atoms with Crippen LogP contribution in [0.1, 0.15) is 32.4 Å². The Hall–Kier alpha value is -3.27. The number of anilines is 3. The van der Waals surface area contributed by atoms with Gasteiger partial charge in [0.15, 0.2) is 23.2 Å². The Bertz CT molecular complexity index is 1270. The number of nitrogens with one attached hydrogen (secondary N) is 1. The SMILES string of the molecule is CC(C)N1CC2(CC2)Oc2c(F)cc(-c3nc(Nc4cc5n(n4)CCN(C)C5)ncc3F)cc21. The number of aromatic nitrogens is 4. The average molecular weight is 468 g/mol. The van der Waals surface area contributed by atoms with Crippen molar-refractivity contribution in [1.29, 1.82) is 0 Å². The van der Waals surface area contributed by atoms with E-state index in [-0.39, 0.29) is 29.0 Å². The topological polar surface area (TPSA) is 71.3 Å². The normalized spacial score (nSPS) is 18.6. The van der Waals surface area contributed by atoms with Gasteiger partial charge in [0.05, 0.1) is 30.7 Å². The van der Waals surface area contributed by atoms with Crippen LogP contribution in [0.15, 0.2) is 24.4 Å². The second kappa shape index (κ2) is 7.63. The lowest BCUT2D eigenvalue weighted by molar-refractivity contribution is 0.160. The van der Waals surface area contributed by atoms with Crippen molar-refractivity contribution < 1.29 is 13.5 Å². The summed E-state index contributed by atoms with van der Waals surface area (Å²) in [6.07, 6.45) is 2.93. The highest BCUT2D eigenvalue weighted by Gasteiger charge is 2.51. The van der Waals surface area contributed by atoms with Crippen LogP contribution in [0.4, 0.5) is 26.2 Å². The monoisotopic (exact) mass is 467 g/mol. The fourth-order valence-electron chi connectivity index (χ4n) is 4.74. The number of benzene rings is 1. The van der Waals surface area contributed by atoms with E-state index in [0.717, 1.165) is 44.4 Å². The molecule has 178 valence electrons.